The van der Waals surface area contributed by atoms with Crippen LogP contribution in [-0.2, 0) is 6.42 Å². The molecule has 0 N–H and O–H groups in total. The van der Waals surface area contributed by atoms with Crippen LogP contribution in [0.3, 0.4) is 0 Å². The van der Waals surface area contributed by atoms with Gasteiger partial charge in [-0.15, -0.1) is 0 Å². The molecule has 0 saturated heterocycles. The average molecular weight is 120 g/mol. The zero-order valence-corrected chi connectivity index (χ0v) is 5.81. The molecule has 1 aromatic heterocycles. The minimum Gasteiger partial charge on any atom is -0.251 e. The lowest BCUT2D eigenvalue weighted by Crippen LogP contribution is -1.88. The Labute approximate surface area is 55.7 Å². The van der Waals surface area contributed by atoms with Crippen LogP contribution in [0.2, 0.25) is 0 Å². The molecule has 1 radical (unpaired) electrons. The van der Waals surface area contributed by atoms with Gasteiger partial charge in [0.1, 0.15) is 0 Å². The number of rotatable bonds is 1. The van der Waals surface area contributed by atoms with Gasteiger partial charge in [0.2, 0.25) is 0 Å². The van der Waals surface area contributed by atoms with E-state index in [2.05, 4.69) is 25.0 Å². The maximum absolute atomic E-state index is 4.07. The molecule has 0 aliphatic heterocycles. The molecule has 1 nitrogen and oxygen atoms in total. The highest BCUT2D eigenvalue weighted by molar-refractivity contribution is 5.16. The van der Waals surface area contributed by atoms with Crippen LogP contribution in [0.15, 0.2) is 12.1 Å². The summed E-state index contributed by atoms with van der Waals surface area (Å²) < 4.78 is 0. The Balaban J connectivity index is 3.01. The van der Waals surface area contributed by atoms with Crippen LogP contribution >= 0.6 is 0 Å². The Morgan fingerprint density at radius 3 is 2.89 bits per heavy atom. The van der Waals surface area contributed by atoms with Crippen LogP contribution in [0, 0.1) is 13.1 Å². The van der Waals surface area contributed by atoms with Gasteiger partial charge in [-0.2, -0.15) is 0 Å². The molecule has 0 aliphatic carbocycles. The van der Waals surface area contributed by atoms with E-state index in [0.29, 0.717) is 0 Å². The molecule has 1 heterocycles. The van der Waals surface area contributed by atoms with Crippen molar-refractivity contribution in [3.63, 3.8) is 0 Å². The van der Waals surface area contributed by atoms with Gasteiger partial charge in [0, 0.05) is 5.69 Å². The van der Waals surface area contributed by atoms with Crippen molar-refractivity contribution in [3.8, 4) is 0 Å². The summed E-state index contributed by atoms with van der Waals surface area (Å²) in [6.45, 7) is 4.17. The van der Waals surface area contributed by atoms with E-state index in [9.17, 15) is 0 Å². The lowest BCUT2D eigenvalue weighted by molar-refractivity contribution is 1.00. The van der Waals surface area contributed by atoms with E-state index in [-0.39, 0.29) is 0 Å². The van der Waals surface area contributed by atoms with E-state index < -0.39 is 0 Å². The summed E-state index contributed by atoms with van der Waals surface area (Å²) in [6.07, 6.45) is 3.81. The largest absolute Gasteiger partial charge is 0.251 e. The summed E-state index contributed by atoms with van der Waals surface area (Å²) in [6, 6.07) is 3.88. The quantitative estimate of drug-likeness (QED) is 0.550. The van der Waals surface area contributed by atoms with Crippen molar-refractivity contribution in [3.05, 3.63) is 29.6 Å². The first-order valence-corrected chi connectivity index (χ1v) is 3.17. The monoisotopic (exact) mass is 120 g/mol. The van der Waals surface area contributed by atoms with Crippen LogP contribution in [0.1, 0.15) is 18.2 Å². The SMILES string of the molecule is CCc1n[c]ccc1C. The minimum atomic E-state index is 1.00. The van der Waals surface area contributed by atoms with Gasteiger partial charge < -0.3 is 0 Å². The molecule has 1 aromatic rings. The maximum atomic E-state index is 4.07. The lowest BCUT2D eigenvalue weighted by atomic mass is 10.2. The third-order valence-corrected chi connectivity index (χ3v) is 1.40. The van der Waals surface area contributed by atoms with Crippen molar-refractivity contribution in [1.29, 1.82) is 0 Å². The molecule has 0 aromatic carbocycles. The van der Waals surface area contributed by atoms with Crippen LogP contribution in [0.5, 0.6) is 0 Å². The van der Waals surface area contributed by atoms with Crippen LogP contribution in [-0.4, -0.2) is 4.98 Å². The summed E-state index contributed by atoms with van der Waals surface area (Å²) in [4.78, 5) is 4.07. The van der Waals surface area contributed by atoms with Gasteiger partial charge in [-0.3, -0.25) is 4.98 Å². The summed E-state index contributed by atoms with van der Waals surface area (Å²) in [5, 5.41) is 0. The molecular weight excluding hydrogens is 110 g/mol. The second-order valence-corrected chi connectivity index (χ2v) is 2.06. The third kappa shape index (κ3) is 1.28. The van der Waals surface area contributed by atoms with Crippen molar-refractivity contribution in [2.75, 3.05) is 0 Å². The Morgan fingerprint density at radius 2 is 2.44 bits per heavy atom. The highest BCUT2D eigenvalue weighted by Gasteiger charge is 1.91. The first kappa shape index (κ1) is 6.27. The van der Waals surface area contributed by atoms with E-state index in [0.717, 1.165) is 12.1 Å². The molecule has 0 unspecified atom stereocenters. The van der Waals surface area contributed by atoms with Crippen molar-refractivity contribution in [2.45, 2.75) is 20.3 Å². The molecule has 9 heavy (non-hydrogen) atoms. The fraction of sp³-hybridized carbons (Fsp3) is 0.375. The Kier molecular flexibility index (Phi) is 1.83. The lowest BCUT2D eigenvalue weighted by Gasteiger charge is -1.96. The Bertz CT molecular complexity index is 194. The van der Waals surface area contributed by atoms with Crippen LogP contribution in [0.25, 0.3) is 0 Å². The standard InChI is InChI=1S/C8H10N/c1-3-8-7(2)5-4-6-9-8/h4-5H,3H2,1-2H3. The van der Waals surface area contributed by atoms with Gasteiger partial charge in [0.05, 0.1) is 6.20 Å². The first-order chi connectivity index (χ1) is 4.34. The molecule has 1 heteroatoms. The minimum absolute atomic E-state index is 1.00. The number of hydrogen-bond acceptors (Lipinski definition) is 1. The van der Waals surface area contributed by atoms with Gasteiger partial charge in [0.15, 0.2) is 0 Å². The fourth-order valence-corrected chi connectivity index (χ4v) is 0.820. The number of nitrogens with zero attached hydrogens (tertiary/aromatic N) is 1. The molecule has 0 saturated carbocycles. The molecule has 0 amide bonds. The van der Waals surface area contributed by atoms with E-state index in [1.54, 1.807) is 0 Å². The molecule has 0 spiro atoms. The van der Waals surface area contributed by atoms with Crippen molar-refractivity contribution in [1.82, 2.24) is 4.98 Å². The third-order valence-electron chi connectivity index (χ3n) is 1.40. The zero-order chi connectivity index (χ0) is 6.69. The first-order valence-electron chi connectivity index (χ1n) is 3.17. The van der Waals surface area contributed by atoms with Gasteiger partial charge in [0.25, 0.3) is 0 Å². The van der Waals surface area contributed by atoms with Crippen LogP contribution < -0.4 is 0 Å². The normalized spacial score (nSPS) is 9.56. The topological polar surface area (TPSA) is 12.9 Å². The molecule has 1 rings (SSSR count). The number of hydrogen-bond donors (Lipinski definition) is 0. The van der Waals surface area contributed by atoms with Gasteiger partial charge in [-0.25, -0.2) is 0 Å². The van der Waals surface area contributed by atoms with Gasteiger partial charge in [-0.05, 0) is 25.0 Å². The predicted molar refractivity (Wildman–Crippen MR) is 37.2 cm³/mol. The number of aryl methyl sites for hydroxylation is 2. The highest BCUT2D eigenvalue weighted by Crippen LogP contribution is 2.01. The second-order valence-electron chi connectivity index (χ2n) is 2.06. The predicted octanol–water partition coefficient (Wildman–Crippen LogP) is 1.75. The van der Waals surface area contributed by atoms with Crippen LogP contribution in [0.4, 0.5) is 0 Å². The molecule has 0 atom stereocenters. The van der Waals surface area contributed by atoms with Crippen molar-refractivity contribution in [2.24, 2.45) is 0 Å². The fourth-order valence-electron chi connectivity index (χ4n) is 0.820. The number of aromatic nitrogens is 1. The maximum Gasteiger partial charge on any atom is 0.0889 e. The molecule has 0 bridgehead atoms. The highest BCUT2D eigenvalue weighted by atomic mass is 14.7. The molecular formula is C8H10N. The van der Waals surface area contributed by atoms with E-state index >= 15 is 0 Å². The summed E-state index contributed by atoms with van der Waals surface area (Å²) >= 11 is 0. The van der Waals surface area contributed by atoms with E-state index in [1.165, 1.54) is 5.56 Å². The molecule has 47 valence electrons. The van der Waals surface area contributed by atoms with Gasteiger partial charge >= 0.3 is 0 Å². The Morgan fingerprint density at radius 1 is 1.67 bits per heavy atom. The van der Waals surface area contributed by atoms with Gasteiger partial charge in [-0.1, -0.05) is 13.0 Å². The van der Waals surface area contributed by atoms with Crippen molar-refractivity contribution >= 4 is 0 Å². The van der Waals surface area contributed by atoms with E-state index in [1.807, 2.05) is 12.1 Å². The van der Waals surface area contributed by atoms with E-state index in [4.69, 9.17) is 0 Å². The summed E-state index contributed by atoms with van der Waals surface area (Å²) in [5.41, 5.74) is 2.41. The zero-order valence-electron chi connectivity index (χ0n) is 5.81. The molecule has 0 fully saturated rings. The molecule has 0 aliphatic rings. The second kappa shape index (κ2) is 2.62. The smallest absolute Gasteiger partial charge is 0.0889 e. The Hall–Kier alpha value is -0.850. The summed E-state index contributed by atoms with van der Waals surface area (Å²) in [5.74, 6) is 0. The van der Waals surface area contributed by atoms with Crippen molar-refractivity contribution < 1.29 is 0 Å². The summed E-state index contributed by atoms with van der Waals surface area (Å²) in [7, 11) is 0. The average Bonchev–Trinajstić information content (AvgIpc) is 1.89. The number of pyridine rings is 1.